The number of carbonyl (C=O) groups is 1. The van der Waals surface area contributed by atoms with Gasteiger partial charge in [-0.25, -0.2) is 4.39 Å². The Labute approximate surface area is 116 Å². The highest BCUT2D eigenvalue weighted by molar-refractivity contribution is 5.96. The van der Waals surface area contributed by atoms with Crippen LogP contribution in [-0.4, -0.2) is 27.4 Å². The molecule has 4 nitrogen and oxygen atoms in total. The number of benzene rings is 1. The summed E-state index contributed by atoms with van der Waals surface area (Å²) in [6.07, 6.45) is 2.21. The van der Waals surface area contributed by atoms with Gasteiger partial charge in [0, 0.05) is 21.8 Å². The number of alkyl halides is 1. The number of hydrogen-bond acceptors (Lipinski definition) is 2. The van der Waals surface area contributed by atoms with Gasteiger partial charge in [0.05, 0.1) is 5.52 Å². The van der Waals surface area contributed by atoms with Crippen molar-refractivity contribution in [3.05, 3.63) is 29.0 Å². The summed E-state index contributed by atoms with van der Waals surface area (Å²) in [5.41, 5.74) is 2.84. The van der Waals surface area contributed by atoms with Gasteiger partial charge in [0.15, 0.2) is 0 Å². The first-order valence-corrected chi connectivity index (χ1v) is 6.95. The molecule has 2 atom stereocenters. The molecule has 2 unspecified atom stereocenters. The number of nitrogens with one attached hydrogen (secondary N) is 1. The van der Waals surface area contributed by atoms with Gasteiger partial charge >= 0.3 is 5.97 Å². The quantitative estimate of drug-likeness (QED) is 0.857. The molecular weight excluding hydrogens is 259 g/mol. The van der Waals surface area contributed by atoms with Gasteiger partial charge in [-0.15, -0.1) is 0 Å². The number of aromatic nitrogens is 2. The molecule has 3 N–H and O–H groups in total. The summed E-state index contributed by atoms with van der Waals surface area (Å²) < 4.78 is 13.6. The highest BCUT2D eigenvalue weighted by atomic mass is 19.1. The molecule has 1 heterocycles. The molecule has 0 spiro atoms. The standard InChI is InChI=1S/C15H17FN2O2/c1-8-5-13-12(7-11(8)15(19)20)14(18-17-13)9-3-2-4-10(16)6-9/h5,7,9-10H,2-4,6H2,1H3,(H,17,18)(H,19,20)/p+1. The van der Waals surface area contributed by atoms with Crippen LogP contribution in [0.5, 0.6) is 0 Å². The molecule has 1 fully saturated rings. The molecular formula is C15H18FN2O2+. The van der Waals surface area contributed by atoms with Crippen molar-refractivity contribution < 1.29 is 14.3 Å². The minimum Gasteiger partial charge on any atom is -0.561 e. The van der Waals surface area contributed by atoms with E-state index in [1.807, 2.05) is 6.07 Å². The van der Waals surface area contributed by atoms with Gasteiger partial charge in [-0.3, -0.25) is 5.10 Å². The van der Waals surface area contributed by atoms with Crippen LogP contribution in [0.4, 0.5) is 4.39 Å². The molecule has 1 aromatic carbocycles. The Morgan fingerprint density at radius 1 is 1.45 bits per heavy atom. The Morgan fingerprint density at radius 2 is 2.25 bits per heavy atom. The van der Waals surface area contributed by atoms with Crippen molar-refractivity contribution in [2.24, 2.45) is 0 Å². The van der Waals surface area contributed by atoms with Crippen molar-refractivity contribution in [2.45, 2.75) is 44.7 Å². The van der Waals surface area contributed by atoms with Gasteiger partial charge < -0.3 is 5.11 Å². The average Bonchev–Trinajstić information content (AvgIpc) is 2.80. The monoisotopic (exact) mass is 277 g/mol. The highest BCUT2D eigenvalue weighted by Gasteiger charge is 2.27. The lowest BCUT2D eigenvalue weighted by Gasteiger charge is -2.23. The van der Waals surface area contributed by atoms with E-state index < -0.39 is 12.1 Å². The first-order chi connectivity index (χ1) is 9.56. The lowest BCUT2D eigenvalue weighted by molar-refractivity contribution is 0.0696. The summed E-state index contributed by atoms with van der Waals surface area (Å²) in [6.45, 7) is 1.80. The fourth-order valence-electron chi connectivity index (χ4n) is 3.13. The topological polar surface area (TPSA) is 68.7 Å². The van der Waals surface area contributed by atoms with Crippen LogP contribution in [-0.2, 0) is 0 Å². The Morgan fingerprint density at radius 3 is 2.95 bits per heavy atom. The maximum atomic E-state index is 13.6. The maximum absolute atomic E-state index is 13.6. The number of halogens is 1. The largest absolute Gasteiger partial charge is 0.561 e. The minimum atomic E-state index is -0.755. The van der Waals surface area contributed by atoms with E-state index in [2.05, 4.69) is 10.2 Å². The minimum absolute atomic E-state index is 0.125. The lowest BCUT2D eigenvalue weighted by Crippen LogP contribution is -2.15. The number of aryl methyl sites for hydroxylation is 1. The number of hydrogen-bond donors (Lipinski definition) is 1. The van der Waals surface area contributed by atoms with Crippen molar-refractivity contribution in [3.63, 3.8) is 0 Å². The summed E-state index contributed by atoms with van der Waals surface area (Å²) in [5.74, 6) is -0.566. The number of rotatable bonds is 2. The molecule has 1 aromatic heterocycles. The highest BCUT2D eigenvalue weighted by Crippen LogP contribution is 2.36. The van der Waals surface area contributed by atoms with Gasteiger partial charge in [0.2, 0.25) is 0 Å². The normalized spacial score (nSPS) is 23.1. The predicted molar refractivity (Wildman–Crippen MR) is 74.9 cm³/mol. The van der Waals surface area contributed by atoms with Crippen LogP contribution in [0.3, 0.4) is 0 Å². The molecule has 20 heavy (non-hydrogen) atoms. The average molecular weight is 277 g/mol. The van der Waals surface area contributed by atoms with Gasteiger partial charge in [0.25, 0.3) is 0 Å². The van der Waals surface area contributed by atoms with Crippen LogP contribution in [0.25, 0.3) is 10.9 Å². The molecule has 106 valence electrons. The first-order valence-electron chi connectivity index (χ1n) is 6.95. The third kappa shape index (κ3) is 2.17. The zero-order valence-electron chi connectivity index (χ0n) is 11.4. The second-order valence-electron chi connectivity index (χ2n) is 5.61. The van der Waals surface area contributed by atoms with Crippen LogP contribution in [0.1, 0.15) is 53.2 Å². The van der Waals surface area contributed by atoms with Gasteiger partial charge in [-0.2, -0.15) is 5.10 Å². The zero-order chi connectivity index (χ0) is 14.3. The fourth-order valence-corrected chi connectivity index (χ4v) is 3.13. The molecule has 0 saturated heterocycles. The number of H-pyrrole nitrogens is 1. The summed E-state index contributed by atoms with van der Waals surface area (Å²) >= 11 is 0. The van der Waals surface area contributed by atoms with E-state index in [0.29, 0.717) is 18.4 Å². The number of aromatic amines is 1. The molecule has 5 heteroatoms. The van der Waals surface area contributed by atoms with E-state index in [9.17, 15) is 9.18 Å². The molecule has 0 bridgehead atoms. The van der Waals surface area contributed by atoms with Crippen molar-refractivity contribution >= 4 is 16.9 Å². The first kappa shape index (κ1) is 13.1. The van der Waals surface area contributed by atoms with E-state index in [0.717, 1.165) is 35.0 Å². The van der Waals surface area contributed by atoms with Gasteiger partial charge in [-0.1, -0.05) is 0 Å². The molecule has 0 radical (unpaired) electrons. The van der Waals surface area contributed by atoms with Gasteiger partial charge in [0.1, 0.15) is 11.7 Å². The second-order valence-corrected chi connectivity index (χ2v) is 5.61. The Kier molecular flexibility index (Phi) is 3.20. The third-order valence-electron chi connectivity index (χ3n) is 4.19. The molecule has 1 aliphatic carbocycles. The van der Waals surface area contributed by atoms with Crippen molar-refractivity contribution in [2.75, 3.05) is 0 Å². The summed E-state index contributed by atoms with van der Waals surface area (Å²) in [5, 5.41) is 15.4. The summed E-state index contributed by atoms with van der Waals surface area (Å²) in [4.78, 5) is 11.3. The number of carbonyl (C=O) groups excluding carboxylic acids is 1. The SMILES string of the molecule is Cc1cc2n[nH]c(C3CCCC(F)C3)c2cc1C(=O)[OH2+]. The maximum Gasteiger partial charge on any atom is 0.549 e. The zero-order valence-corrected chi connectivity index (χ0v) is 11.4. The van der Waals surface area contributed by atoms with E-state index in [4.69, 9.17) is 5.11 Å². The van der Waals surface area contributed by atoms with E-state index in [1.165, 1.54) is 0 Å². The molecule has 1 saturated carbocycles. The Balaban J connectivity index is 2.07. The molecule has 3 rings (SSSR count). The summed E-state index contributed by atoms with van der Waals surface area (Å²) in [6, 6.07) is 3.54. The van der Waals surface area contributed by atoms with Crippen LogP contribution in [0, 0.1) is 6.92 Å². The summed E-state index contributed by atoms with van der Waals surface area (Å²) in [7, 11) is 0. The van der Waals surface area contributed by atoms with Crippen molar-refractivity contribution in [1.29, 1.82) is 0 Å². The van der Waals surface area contributed by atoms with E-state index in [-0.39, 0.29) is 5.92 Å². The molecule has 1 aliphatic rings. The molecule has 0 amide bonds. The number of nitrogens with zero attached hydrogens (tertiary/aromatic N) is 1. The van der Waals surface area contributed by atoms with Crippen LogP contribution >= 0.6 is 0 Å². The van der Waals surface area contributed by atoms with Gasteiger partial charge in [-0.05, 0) is 50.3 Å². The van der Waals surface area contributed by atoms with Crippen molar-refractivity contribution in [1.82, 2.24) is 10.2 Å². The van der Waals surface area contributed by atoms with Crippen molar-refractivity contribution in [3.8, 4) is 0 Å². The lowest BCUT2D eigenvalue weighted by atomic mass is 9.84. The number of fused-ring (bicyclic) bond motifs is 1. The molecule has 0 aliphatic heterocycles. The molecule has 2 aromatic rings. The second kappa shape index (κ2) is 4.89. The van der Waals surface area contributed by atoms with Crippen LogP contribution in [0.15, 0.2) is 12.1 Å². The van der Waals surface area contributed by atoms with E-state index in [1.54, 1.807) is 13.0 Å². The van der Waals surface area contributed by atoms with Crippen LogP contribution < -0.4 is 0 Å². The van der Waals surface area contributed by atoms with Crippen LogP contribution in [0.2, 0.25) is 0 Å². The van der Waals surface area contributed by atoms with E-state index >= 15 is 0 Å². The predicted octanol–water partition coefficient (Wildman–Crippen LogP) is 2.73. The Hall–Kier alpha value is -1.91. The fraction of sp³-hybridized carbons (Fsp3) is 0.467. The Bertz CT molecular complexity index is 665. The smallest absolute Gasteiger partial charge is 0.549 e. The third-order valence-corrected chi connectivity index (χ3v) is 4.19.